The summed E-state index contributed by atoms with van der Waals surface area (Å²) in [7, 11) is 0. The van der Waals surface area contributed by atoms with Crippen LogP contribution in [0.5, 0.6) is 5.75 Å². The third kappa shape index (κ3) is 3.28. The molecule has 3 aliphatic rings. The van der Waals surface area contributed by atoms with Crippen molar-refractivity contribution in [2.45, 2.75) is 44.0 Å². The topological polar surface area (TPSA) is 50.8 Å². The number of benzene rings is 2. The molecule has 2 aromatic rings. The number of carbonyl (C=O) groups is 1. The van der Waals surface area contributed by atoms with Crippen LogP contribution >= 0.6 is 0 Å². The average molecular weight is 364 g/mol. The number of nitrogens with zero attached hydrogens (tertiary/aromatic N) is 1. The van der Waals surface area contributed by atoms with Crippen LogP contribution in [0.3, 0.4) is 0 Å². The normalized spacial score (nSPS) is 24.4. The van der Waals surface area contributed by atoms with E-state index in [0.29, 0.717) is 12.6 Å². The molecule has 0 spiro atoms. The van der Waals surface area contributed by atoms with E-state index >= 15 is 0 Å². The Labute approximate surface area is 159 Å². The Balaban J connectivity index is 1.35. The first kappa shape index (κ1) is 16.6. The fourth-order valence-corrected chi connectivity index (χ4v) is 3.95. The van der Waals surface area contributed by atoms with Crippen LogP contribution in [0.4, 0.5) is 5.69 Å². The summed E-state index contributed by atoms with van der Waals surface area (Å²) in [6.07, 6.45) is 4.43. The number of amides is 1. The SMILES string of the molecule is O=C1c2ccccc2N[C@H](c2ccc(OC[C@@H]3CCCO3)cc2)N1C1CC1. The zero-order chi connectivity index (χ0) is 18.2. The van der Waals surface area contributed by atoms with Crippen molar-refractivity contribution in [2.75, 3.05) is 18.5 Å². The zero-order valence-electron chi connectivity index (χ0n) is 15.3. The molecule has 5 heteroatoms. The molecule has 1 aliphatic carbocycles. The highest BCUT2D eigenvalue weighted by molar-refractivity contribution is 6.02. The number of hydrogen-bond acceptors (Lipinski definition) is 4. The highest BCUT2D eigenvalue weighted by Crippen LogP contribution is 2.40. The molecule has 2 aliphatic heterocycles. The summed E-state index contributed by atoms with van der Waals surface area (Å²) in [4.78, 5) is 15.1. The van der Waals surface area contributed by atoms with Crippen molar-refractivity contribution in [1.29, 1.82) is 0 Å². The maximum absolute atomic E-state index is 13.0. The van der Waals surface area contributed by atoms with Gasteiger partial charge >= 0.3 is 0 Å². The van der Waals surface area contributed by atoms with Crippen molar-refractivity contribution in [2.24, 2.45) is 0 Å². The number of anilines is 1. The van der Waals surface area contributed by atoms with Gasteiger partial charge in [-0.3, -0.25) is 4.79 Å². The van der Waals surface area contributed by atoms with Gasteiger partial charge in [-0.2, -0.15) is 0 Å². The molecule has 5 nitrogen and oxygen atoms in total. The van der Waals surface area contributed by atoms with E-state index in [2.05, 4.69) is 17.4 Å². The van der Waals surface area contributed by atoms with E-state index in [1.54, 1.807) is 0 Å². The Bertz CT molecular complexity index is 826. The number of hydrogen-bond donors (Lipinski definition) is 1. The van der Waals surface area contributed by atoms with Crippen LogP contribution < -0.4 is 10.1 Å². The highest BCUT2D eigenvalue weighted by atomic mass is 16.5. The number of fused-ring (bicyclic) bond motifs is 1. The van der Waals surface area contributed by atoms with Crippen molar-refractivity contribution in [3.05, 3.63) is 59.7 Å². The van der Waals surface area contributed by atoms with Crippen molar-refractivity contribution >= 4 is 11.6 Å². The monoisotopic (exact) mass is 364 g/mol. The van der Waals surface area contributed by atoms with Gasteiger partial charge in [-0.15, -0.1) is 0 Å². The van der Waals surface area contributed by atoms with Gasteiger partial charge in [-0.1, -0.05) is 24.3 Å². The first-order valence-corrected chi connectivity index (χ1v) is 9.82. The second kappa shape index (κ2) is 6.89. The van der Waals surface area contributed by atoms with Crippen molar-refractivity contribution in [3.63, 3.8) is 0 Å². The van der Waals surface area contributed by atoms with Crippen LogP contribution in [0.25, 0.3) is 0 Å². The zero-order valence-corrected chi connectivity index (χ0v) is 15.3. The Morgan fingerprint density at radius 3 is 2.63 bits per heavy atom. The van der Waals surface area contributed by atoms with E-state index < -0.39 is 0 Å². The van der Waals surface area contributed by atoms with Crippen molar-refractivity contribution in [3.8, 4) is 5.75 Å². The predicted molar refractivity (Wildman–Crippen MR) is 103 cm³/mol. The molecule has 0 unspecified atom stereocenters. The summed E-state index contributed by atoms with van der Waals surface area (Å²) in [5.74, 6) is 0.963. The minimum absolute atomic E-state index is 0.121. The summed E-state index contributed by atoms with van der Waals surface area (Å²) in [6.45, 7) is 1.44. The molecule has 1 N–H and O–H groups in total. The molecular formula is C22H24N2O3. The number of rotatable bonds is 5. The molecule has 140 valence electrons. The van der Waals surface area contributed by atoms with Gasteiger partial charge in [-0.05, 0) is 55.5 Å². The Morgan fingerprint density at radius 2 is 1.89 bits per heavy atom. The van der Waals surface area contributed by atoms with Crippen molar-refractivity contribution in [1.82, 2.24) is 4.90 Å². The summed E-state index contributed by atoms with van der Waals surface area (Å²) in [5, 5.41) is 3.56. The van der Waals surface area contributed by atoms with Gasteiger partial charge in [-0.25, -0.2) is 0 Å². The lowest BCUT2D eigenvalue weighted by Gasteiger charge is -2.38. The molecule has 2 aromatic carbocycles. The molecule has 27 heavy (non-hydrogen) atoms. The van der Waals surface area contributed by atoms with Gasteiger partial charge in [0.15, 0.2) is 0 Å². The summed E-state index contributed by atoms with van der Waals surface area (Å²) < 4.78 is 11.5. The second-order valence-corrected chi connectivity index (χ2v) is 7.55. The maximum atomic E-state index is 13.0. The number of ether oxygens (including phenoxy) is 2. The van der Waals surface area contributed by atoms with Gasteiger partial charge in [0, 0.05) is 18.3 Å². The van der Waals surface area contributed by atoms with Gasteiger partial charge < -0.3 is 19.7 Å². The molecule has 5 rings (SSSR count). The van der Waals surface area contributed by atoms with E-state index in [1.165, 1.54) is 0 Å². The lowest BCUT2D eigenvalue weighted by Crippen LogP contribution is -2.44. The number of nitrogens with one attached hydrogen (secondary N) is 1. The minimum Gasteiger partial charge on any atom is -0.491 e. The minimum atomic E-state index is -0.132. The lowest BCUT2D eigenvalue weighted by molar-refractivity contribution is 0.0663. The van der Waals surface area contributed by atoms with E-state index in [4.69, 9.17) is 9.47 Å². The molecular weight excluding hydrogens is 340 g/mol. The predicted octanol–water partition coefficient (Wildman–Crippen LogP) is 3.97. The van der Waals surface area contributed by atoms with E-state index in [-0.39, 0.29) is 18.2 Å². The standard InChI is InChI=1S/C22H24N2O3/c25-22-19-5-1-2-6-20(19)23-21(24(22)16-9-10-16)15-7-11-17(12-8-15)27-14-18-4-3-13-26-18/h1-2,5-8,11-12,16,18,21,23H,3-4,9-10,13-14H2/t18-,21-/m0/s1. The number of para-hydroxylation sites is 1. The summed E-state index contributed by atoms with van der Waals surface area (Å²) in [5.41, 5.74) is 2.74. The van der Waals surface area contributed by atoms with Crippen LogP contribution in [-0.4, -0.2) is 36.2 Å². The Hall–Kier alpha value is -2.53. The molecule has 0 aromatic heterocycles. The molecule has 2 atom stereocenters. The van der Waals surface area contributed by atoms with Gasteiger partial charge in [0.2, 0.25) is 0 Å². The lowest BCUT2D eigenvalue weighted by atomic mass is 10.0. The summed E-state index contributed by atoms with van der Waals surface area (Å²) in [6, 6.07) is 16.2. The highest BCUT2D eigenvalue weighted by Gasteiger charge is 2.41. The fraction of sp³-hybridized carbons (Fsp3) is 0.409. The molecule has 0 bridgehead atoms. The largest absolute Gasteiger partial charge is 0.491 e. The molecule has 2 heterocycles. The Kier molecular flexibility index (Phi) is 4.24. The molecule has 2 fully saturated rings. The van der Waals surface area contributed by atoms with Crippen LogP contribution in [0.1, 0.15) is 47.8 Å². The third-order valence-corrected chi connectivity index (χ3v) is 5.56. The van der Waals surface area contributed by atoms with E-state index in [0.717, 1.165) is 54.9 Å². The second-order valence-electron chi connectivity index (χ2n) is 7.55. The van der Waals surface area contributed by atoms with Crippen molar-refractivity contribution < 1.29 is 14.3 Å². The van der Waals surface area contributed by atoms with Crippen LogP contribution in [0, 0.1) is 0 Å². The molecule has 1 saturated heterocycles. The van der Waals surface area contributed by atoms with Gasteiger partial charge in [0.25, 0.3) is 5.91 Å². The van der Waals surface area contributed by atoms with Gasteiger partial charge in [0.05, 0.1) is 11.7 Å². The maximum Gasteiger partial charge on any atom is 0.258 e. The summed E-state index contributed by atoms with van der Waals surface area (Å²) >= 11 is 0. The van der Waals surface area contributed by atoms with E-state index in [1.807, 2.05) is 41.3 Å². The van der Waals surface area contributed by atoms with Crippen LogP contribution in [0.15, 0.2) is 48.5 Å². The third-order valence-electron chi connectivity index (χ3n) is 5.56. The number of carbonyl (C=O) groups excluding carboxylic acids is 1. The van der Waals surface area contributed by atoms with Crippen LogP contribution in [0.2, 0.25) is 0 Å². The Morgan fingerprint density at radius 1 is 1.07 bits per heavy atom. The first-order valence-electron chi connectivity index (χ1n) is 9.82. The van der Waals surface area contributed by atoms with Crippen LogP contribution in [-0.2, 0) is 4.74 Å². The first-order chi connectivity index (χ1) is 13.3. The molecule has 1 saturated carbocycles. The molecule has 1 amide bonds. The van der Waals surface area contributed by atoms with E-state index in [9.17, 15) is 4.79 Å². The molecule has 0 radical (unpaired) electrons. The average Bonchev–Trinajstić information content (AvgIpc) is 3.40. The fourth-order valence-electron chi connectivity index (χ4n) is 3.95. The smallest absolute Gasteiger partial charge is 0.258 e. The van der Waals surface area contributed by atoms with Gasteiger partial charge in [0.1, 0.15) is 18.5 Å². The quantitative estimate of drug-likeness (QED) is 0.872.